The van der Waals surface area contributed by atoms with Gasteiger partial charge in [0.2, 0.25) is 0 Å². The van der Waals surface area contributed by atoms with Gasteiger partial charge in [0.1, 0.15) is 0 Å². The highest BCUT2D eigenvalue weighted by Gasteiger charge is 2.45. The van der Waals surface area contributed by atoms with E-state index in [-0.39, 0.29) is 5.91 Å². The van der Waals surface area contributed by atoms with E-state index in [2.05, 4.69) is 0 Å². The van der Waals surface area contributed by atoms with Crippen LogP contribution >= 0.6 is 11.8 Å². The summed E-state index contributed by atoms with van der Waals surface area (Å²) >= 11 is 1.52. The Kier molecular flexibility index (Phi) is 4.03. The van der Waals surface area contributed by atoms with Crippen LogP contribution in [0, 0.1) is 0 Å². The summed E-state index contributed by atoms with van der Waals surface area (Å²) in [5.41, 5.74) is 1.21. The summed E-state index contributed by atoms with van der Waals surface area (Å²) in [6, 6.07) is 19.8. The topological polar surface area (TPSA) is 32.7 Å². The zero-order chi connectivity index (χ0) is 15.6. The number of aliphatic imine (C=N–C) groups is 1. The van der Waals surface area contributed by atoms with Gasteiger partial charge in [-0.2, -0.15) is 0 Å². The van der Waals surface area contributed by atoms with Gasteiger partial charge in [-0.25, -0.2) is 4.99 Å². The molecule has 3 nitrogen and oxygen atoms in total. The van der Waals surface area contributed by atoms with Crippen molar-refractivity contribution in [3.05, 3.63) is 71.8 Å². The first-order chi connectivity index (χ1) is 10.6. The lowest BCUT2D eigenvalue weighted by molar-refractivity contribution is -0.131. The molecule has 0 bridgehead atoms. The van der Waals surface area contributed by atoms with Gasteiger partial charge in [-0.15, -0.1) is 0 Å². The normalized spacial score (nSPS) is 21.1. The minimum atomic E-state index is -0.825. The van der Waals surface area contributed by atoms with E-state index in [0.717, 1.165) is 16.3 Å². The molecule has 0 aliphatic carbocycles. The maximum atomic E-state index is 13.0. The molecular weight excluding hydrogens is 292 g/mol. The zero-order valence-corrected chi connectivity index (χ0v) is 13.5. The van der Waals surface area contributed by atoms with Crippen molar-refractivity contribution in [2.24, 2.45) is 4.99 Å². The largest absolute Gasteiger partial charge is 0.285 e. The average molecular weight is 310 g/mol. The van der Waals surface area contributed by atoms with Crippen LogP contribution in [0.5, 0.6) is 0 Å². The van der Waals surface area contributed by atoms with Gasteiger partial charge in [-0.3, -0.25) is 9.69 Å². The van der Waals surface area contributed by atoms with Gasteiger partial charge in [-0.05, 0) is 24.3 Å². The average Bonchev–Trinajstić information content (AvgIpc) is 2.82. The summed E-state index contributed by atoms with van der Waals surface area (Å²) in [5.74, 6) is 0.0342. The Morgan fingerprint density at radius 1 is 1.05 bits per heavy atom. The van der Waals surface area contributed by atoms with Gasteiger partial charge in [0, 0.05) is 0 Å². The molecule has 2 aromatic carbocycles. The second-order valence-electron chi connectivity index (χ2n) is 5.41. The molecule has 1 aliphatic rings. The molecule has 1 amide bonds. The summed E-state index contributed by atoms with van der Waals surface area (Å²) in [4.78, 5) is 19.5. The summed E-state index contributed by atoms with van der Waals surface area (Å²) in [6.45, 7) is 2.45. The number of nitrogens with zero attached hydrogens (tertiary/aromatic N) is 2. The first-order valence-corrected chi connectivity index (χ1v) is 8.43. The van der Waals surface area contributed by atoms with Crippen molar-refractivity contribution in [1.29, 1.82) is 0 Å². The maximum Gasteiger partial charge on any atom is 0.261 e. The predicted molar refractivity (Wildman–Crippen MR) is 91.7 cm³/mol. The Balaban J connectivity index is 1.94. The van der Waals surface area contributed by atoms with E-state index in [0.29, 0.717) is 6.54 Å². The van der Waals surface area contributed by atoms with Crippen molar-refractivity contribution in [3.63, 3.8) is 0 Å². The fraction of sp³-hybridized carbons (Fsp3) is 0.222. The van der Waals surface area contributed by atoms with E-state index in [9.17, 15) is 4.79 Å². The lowest BCUT2D eigenvalue weighted by Gasteiger charge is -2.23. The molecule has 0 radical (unpaired) electrons. The standard InChI is InChI=1S/C18H18N2OS/c1-18(15-11-7-4-8-12-15)16(21)20(17(19-18)22-2)13-14-9-5-3-6-10-14/h3-12H,13H2,1-2H3/t18-/m0/s1. The third-order valence-corrected chi connectivity index (χ3v) is 4.59. The Morgan fingerprint density at radius 3 is 2.23 bits per heavy atom. The van der Waals surface area contributed by atoms with Crippen LogP contribution in [0.4, 0.5) is 0 Å². The van der Waals surface area contributed by atoms with E-state index in [4.69, 9.17) is 4.99 Å². The fourth-order valence-corrected chi connectivity index (χ4v) is 3.30. The molecule has 0 saturated carbocycles. The first-order valence-electron chi connectivity index (χ1n) is 7.20. The minimum Gasteiger partial charge on any atom is -0.285 e. The molecule has 0 fully saturated rings. The van der Waals surface area contributed by atoms with Crippen molar-refractivity contribution >= 4 is 22.8 Å². The number of rotatable bonds is 3. The van der Waals surface area contributed by atoms with E-state index in [1.807, 2.05) is 73.8 Å². The monoisotopic (exact) mass is 310 g/mol. The molecular formula is C18H18N2OS. The van der Waals surface area contributed by atoms with Gasteiger partial charge in [0.05, 0.1) is 6.54 Å². The van der Waals surface area contributed by atoms with Crippen LogP contribution in [0.2, 0.25) is 0 Å². The Hall–Kier alpha value is -2.07. The SMILES string of the molecule is CSC1=N[C@@](C)(c2ccccc2)C(=O)N1Cc1ccccc1. The molecule has 0 saturated heterocycles. The Bertz CT molecular complexity index is 700. The van der Waals surface area contributed by atoms with Crippen LogP contribution < -0.4 is 0 Å². The number of amides is 1. The minimum absolute atomic E-state index is 0.0342. The van der Waals surface area contributed by atoms with Gasteiger partial charge in [0.15, 0.2) is 10.7 Å². The van der Waals surface area contributed by atoms with E-state index in [1.165, 1.54) is 11.8 Å². The van der Waals surface area contributed by atoms with Crippen LogP contribution in [-0.4, -0.2) is 22.2 Å². The number of benzene rings is 2. The molecule has 0 unspecified atom stereocenters. The van der Waals surface area contributed by atoms with Crippen molar-refractivity contribution in [3.8, 4) is 0 Å². The summed E-state index contributed by atoms with van der Waals surface area (Å²) in [6.07, 6.45) is 1.96. The third kappa shape index (κ3) is 2.55. The smallest absolute Gasteiger partial charge is 0.261 e. The van der Waals surface area contributed by atoms with Gasteiger partial charge in [-0.1, -0.05) is 72.4 Å². The number of carbonyl (C=O) groups is 1. The zero-order valence-electron chi connectivity index (χ0n) is 12.7. The Labute approximate surface area is 135 Å². The summed E-state index contributed by atoms with van der Waals surface area (Å²) < 4.78 is 0. The molecule has 1 atom stereocenters. The van der Waals surface area contributed by atoms with E-state index >= 15 is 0 Å². The number of amidine groups is 1. The van der Waals surface area contributed by atoms with Crippen molar-refractivity contribution in [1.82, 2.24) is 4.90 Å². The van der Waals surface area contributed by atoms with Crippen LogP contribution in [0.25, 0.3) is 0 Å². The number of hydrogen-bond donors (Lipinski definition) is 0. The number of hydrogen-bond acceptors (Lipinski definition) is 3. The second kappa shape index (κ2) is 5.97. The quantitative estimate of drug-likeness (QED) is 0.866. The molecule has 0 aromatic heterocycles. The fourth-order valence-electron chi connectivity index (χ4n) is 2.66. The van der Waals surface area contributed by atoms with Gasteiger partial charge < -0.3 is 0 Å². The third-order valence-electron chi connectivity index (χ3n) is 3.91. The lowest BCUT2D eigenvalue weighted by atomic mass is 9.92. The maximum absolute atomic E-state index is 13.0. The van der Waals surface area contributed by atoms with Crippen molar-refractivity contribution in [2.75, 3.05) is 6.26 Å². The van der Waals surface area contributed by atoms with Crippen molar-refractivity contribution in [2.45, 2.75) is 19.0 Å². The second-order valence-corrected chi connectivity index (χ2v) is 6.19. The van der Waals surface area contributed by atoms with E-state index in [1.54, 1.807) is 4.90 Å². The number of thioether (sulfide) groups is 1. The summed E-state index contributed by atoms with van der Waals surface area (Å²) in [5, 5.41) is 0.778. The molecule has 4 heteroatoms. The molecule has 1 aliphatic heterocycles. The van der Waals surface area contributed by atoms with Crippen LogP contribution in [-0.2, 0) is 16.9 Å². The molecule has 2 aromatic rings. The molecule has 0 N–H and O–H groups in total. The highest BCUT2D eigenvalue weighted by atomic mass is 32.2. The first kappa shape index (κ1) is 14.9. The van der Waals surface area contributed by atoms with Crippen LogP contribution in [0.3, 0.4) is 0 Å². The Morgan fingerprint density at radius 2 is 1.64 bits per heavy atom. The number of carbonyl (C=O) groups excluding carboxylic acids is 1. The van der Waals surface area contributed by atoms with Crippen LogP contribution in [0.1, 0.15) is 18.1 Å². The highest BCUT2D eigenvalue weighted by Crippen LogP contribution is 2.36. The lowest BCUT2D eigenvalue weighted by Crippen LogP contribution is -2.38. The molecule has 0 spiro atoms. The molecule has 22 heavy (non-hydrogen) atoms. The molecule has 1 heterocycles. The molecule has 112 valence electrons. The molecule has 3 rings (SSSR count). The van der Waals surface area contributed by atoms with E-state index < -0.39 is 5.54 Å². The summed E-state index contributed by atoms with van der Waals surface area (Å²) in [7, 11) is 0. The van der Waals surface area contributed by atoms with Crippen LogP contribution in [0.15, 0.2) is 65.7 Å². The van der Waals surface area contributed by atoms with Gasteiger partial charge >= 0.3 is 0 Å². The van der Waals surface area contributed by atoms with Gasteiger partial charge in [0.25, 0.3) is 5.91 Å². The predicted octanol–water partition coefficient (Wildman–Crippen LogP) is 3.66. The highest BCUT2D eigenvalue weighted by molar-refractivity contribution is 8.13. The van der Waals surface area contributed by atoms with Crippen molar-refractivity contribution < 1.29 is 4.79 Å².